The van der Waals surface area contributed by atoms with Crippen molar-refractivity contribution in [1.82, 2.24) is 9.80 Å². The molecular weight excluding hydrogens is 244 g/mol. The monoisotopic (exact) mass is 268 g/mol. The second-order valence-corrected chi connectivity index (χ2v) is 5.98. The van der Waals surface area contributed by atoms with Crippen LogP contribution in [0.5, 0.6) is 0 Å². The van der Waals surface area contributed by atoms with E-state index in [1.807, 2.05) is 18.7 Å². The zero-order valence-corrected chi connectivity index (χ0v) is 11.8. The van der Waals surface area contributed by atoms with Gasteiger partial charge >= 0.3 is 0 Å². The Morgan fingerprint density at radius 3 is 2.11 bits per heavy atom. The van der Waals surface area contributed by atoms with Crippen molar-refractivity contribution in [1.29, 1.82) is 0 Å². The number of aliphatic hydroxyl groups excluding tert-OH is 1. The number of hydrogen-bond donors (Lipinski definition) is 1. The van der Waals surface area contributed by atoms with Crippen molar-refractivity contribution >= 4 is 11.8 Å². The van der Waals surface area contributed by atoms with Crippen molar-refractivity contribution < 1.29 is 14.7 Å². The lowest BCUT2D eigenvalue weighted by Gasteiger charge is -2.34. The second-order valence-electron chi connectivity index (χ2n) is 5.98. The summed E-state index contributed by atoms with van der Waals surface area (Å²) in [6.45, 7) is 6.33. The first-order chi connectivity index (χ1) is 8.99. The Morgan fingerprint density at radius 1 is 1.05 bits per heavy atom. The first-order valence-electron chi connectivity index (χ1n) is 7.24. The minimum Gasteiger partial charge on any atom is -0.391 e. The van der Waals surface area contributed by atoms with Crippen LogP contribution in [0.25, 0.3) is 0 Å². The summed E-state index contributed by atoms with van der Waals surface area (Å²) in [5.41, 5.74) is 0. The zero-order valence-electron chi connectivity index (χ0n) is 11.8. The molecule has 5 nitrogen and oxygen atoms in total. The van der Waals surface area contributed by atoms with Gasteiger partial charge in [0.1, 0.15) is 0 Å². The van der Waals surface area contributed by atoms with E-state index in [0.29, 0.717) is 32.6 Å². The Kier molecular flexibility index (Phi) is 4.45. The number of rotatable bonds is 2. The summed E-state index contributed by atoms with van der Waals surface area (Å²) >= 11 is 0. The lowest BCUT2D eigenvalue weighted by molar-refractivity contribution is -0.141. The van der Waals surface area contributed by atoms with Gasteiger partial charge in [0.2, 0.25) is 11.8 Å². The SMILES string of the molecule is CC(C)C(=O)N1CCC(C(=O)N2CCC(O)C2)CC1. The van der Waals surface area contributed by atoms with Gasteiger partial charge in [0.15, 0.2) is 0 Å². The van der Waals surface area contributed by atoms with Crippen LogP contribution in [-0.4, -0.2) is 59.0 Å². The number of aliphatic hydroxyl groups is 1. The summed E-state index contributed by atoms with van der Waals surface area (Å²) in [5.74, 6) is 0.401. The topological polar surface area (TPSA) is 60.9 Å². The minimum absolute atomic E-state index is 0.0287. The summed E-state index contributed by atoms with van der Waals surface area (Å²) in [4.78, 5) is 27.8. The fraction of sp³-hybridized carbons (Fsp3) is 0.857. The van der Waals surface area contributed by atoms with Crippen LogP contribution in [0.1, 0.15) is 33.1 Å². The predicted octanol–water partition coefficient (Wildman–Crippen LogP) is 0.474. The summed E-state index contributed by atoms with van der Waals surface area (Å²) in [6.07, 6.45) is 1.84. The van der Waals surface area contributed by atoms with E-state index in [-0.39, 0.29) is 29.8 Å². The molecule has 2 rings (SSSR count). The van der Waals surface area contributed by atoms with Gasteiger partial charge in [-0.25, -0.2) is 0 Å². The first-order valence-corrected chi connectivity index (χ1v) is 7.24. The molecule has 1 N–H and O–H groups in total. The lowest BCUT2D eigenvalue weighted by Crippen LogP contribution is -2.45. The van der Waals surface area contributed by atoms with E-state index in [1.165, 1.54) is 0 Å². The highest BCUT2D eigenvalue weighted by atomic mass is 16.3. The molecule has 19 heavy (non-hydrogen) atoms. The fourth-order valence-electron chi connectivity index (χ4n) is 2.91. The van der Waals surface area contributed by atoms with Gasteiger partial charge < -0.3 is 14.9 Å². The number of carbonyl (C=O) groups excluding carboxylic acids is 2. The normalized spacial score (nSPS) is 25.2. The smallest absolute Gasteiger partial charge is 0.225 e. The molecule has 2 aliphatic rings. The molecule has 2 fully saturated rings. The van der Waals surface area contributed by atoms with Gasteiger partial charge in [0.25, 0.3) is 0 Å². The molecule has 0 radical (unpaired) electrons. The van der Waals surface area contributed by atoms with Crippen molar-refractivity contribution in [3.05, 3.63) is 0 Å². The highest BCUT2D eigenvalue weighted by Gasteiger charge is 2.33. The van der Waals surface area contributed by atoms with Crippen molar-refractivity contribution in [3.63, 3.8) is 0 Å². The van der Waals surface area contributed by atoms with Crippen molar-refractivity contribution in [2.45, 2.75) is 39.2 Å². The van der Waals surface area contributed by atoms with Gasteiger partial charge in [-0.05, 0) is 19.3 Å². The molecule has 2 amide bonds. The van der Waals surface area contributed by atoms with Gasteiger partial charge in [-0.2, -0.15) is 0 Å². The Bertz CT molecular complexity index is 349. The molecule has 0 bridgehead atoms. The van der Waals surface area contributed by atoms with Gasteiger partial charge in [0, 0.05) is 38.0 Å². The number of hydrogen-bond acceptors (Lipinski definition) is 3. The summed E-state index contributed by atoms with van der Waals surface area (Å²) in [6, 6.07) is 0. The second kappa shape index (κ2) is 5.90. The standard InChI is InChI=1S/C14H24N2O3/c1-10(2)13(18)15-6-3-11(4-7-15)14(19)16-8-5-12(17)9-16/h10-12,17H,3-9H2,1-2H3. The molecular formula is C14H24N2O3. The summed E-state index contributed by atoms with van der Waals surface area (Å²) < 4.78 is 0. The first kappa shape index (κ1) is 14.3. The maximum Gasteiger partial charge on any atom is 0.225 e. The third-order valence-electron chi connectivity index (χ3n) is 4.12. The molecule has 0 spiro atoms. The summed E-state index contributed by atoms with van der Waals surface area (Å²) in [7, 11) is 0. The Labute approximate surface area is 114 Å². The highest BCUT2D eigenvalue weighted by Crippen LogP contribution is 2.23. The molecule has 0 aromatic carbocycles. The van der Waals surface area contributed by atoms with E-state index >= 15 is 0 Å². The molecule has 0 aromatic heterocycles. The van der Waals surface area contributed by atoms with Crippen LogP contribution in [-0.2, 0) is 9.59 Å². The van der Waals surface area contributed by atoms with Crippen molar-refractivity contribution in [2.24, 2.45) is 11.8 Å². The molecule has 0 saturated carbocycles. The van der Waals surface area contributed by atoms with E-state index in [2.05, 4.69) is 0 Å². The Balaban J connectivity index is 1.83. The number of β-amino-alcohol motifs (C(OH)–C–C–N with tert-alkyl or cyclic N) is 1. The van der Waals surface area contributed by atoms with Crippen LogP contribution in [0.3, 0.4) is 0 Å². The molecule has 0 aliphatic carbocycles. The molecule has 1 atom stereocenters. The molecule has 5 heteroatoms. The highest BCUT2D eigenvalue weighted by molar-refractivity contribution is 5.81. The number of carbonyl (C=O) groups is 2. The maximum absolute atomic E-state index is 12.3. The van der Waals surface area contributed by atoms with Crippen LogP contribution in [0.2, 0.25) is 0 Å². The number of likely N-dealkylation sites (tertiary alicyclic amines) is 2. The minimum atomic E-state index is -0.355. The van der Waals surface area contributed by atoms with E-state index in [9.17, 15) is 14.7 Å². The molecule has 0 aromatic rings. The average Bonchev–Trinajstić information content (AvgIpc) is 2.84. The third kappa shape index (κ3) is 3.26. The third-order valence-corrected chi connectivity index (χ3v) is 4.12. The molecule has 2 aliphatic heterocycles. The quantitative estimate of drug-likeness (QED) is 0.792. The maximum atomic E-state index is 12.3. The number of amides is 2. The fourth-order valence-corrected chi connectivity index (χ4v) is 2.91. The molecule has 2 saturated heterocycles. The lowest BCUT2D eigenvalue weighted by atomic mass is 9.94. The largest absolute Gasteiger partial charge is 0.391 e. The van der Waals surface area contributed by atoms with Crippen LogP contribution in [0.15, 0.2) is 0 Å². The van der Waals surface area contributed by atoms with Gasteiger partial charge in [-0.3, -0.25) is 9.59 Å². The van der Waals surface area contributed by atoms with Gasteiger partial charge in [-0.1, -0.05) is 13.8 Å². The van der Waals surface area contributed by atoms with Gasteiger partial charge in [-0.15, -0.1) is 0 Å². The van der Waals surface area contributed by atoms with Crippen LogP contribution in [0, 0.1) is 11.8 Å². The molecule has 2 heterocycles. The average molecular weight is 268 g/mol. The van der Waals surface area contributed by atoms with E-state index in [1.54, 1.807) is 4.90 Å². The van der Waals surface area contributed by atoms with E-state index < -0.39 is 0 Å². The number of nitrogens with zero attached hydrogens (tertiary/aromatic N) is 2. The molecule has 1 unspecified atom stereocenters. The van der Waals surface area contributed by atoms with Crippen molar-refractivity contribution in [2.75, 3.05) is 26.2 Å². The van der Waals surface area contributed by atoms with Crippen LogP contribution >= 0.6 is 0 Å². The van der Waals surface area contributed by atoms with Crippen molar-refractivity contribution in [3.8, 4) is 0 Å². The van der Waals surface area contributed by atoms with E-state index in [4.69, 9.17) is 0 Å². The zero-order chi connectivity index (χ0) is 14.0. The van der Waals surface area contributed by atoms with Crippen LogP contribution in [0.4, 0.5) is 0 Å². The summed E-state index contributed by atoms with van der Waals surface area (Å²) in [5, 5.41) is 9.48. The van der Waals surface area contributed by atoms with Gasteiger partial charge in [0.05, 0.1) is 6.10 Å². The Morgan fingerprint density at radius 2 is 1.63 bits per heavy atom. The Hall–Kier alpha value is -1.10. The predicted molar refractivity (Wildman–Crippen MR) is 71.3 cm³/mol. The molecule has 108 valence electrons. The van der Waals surface area contributed by atoms with E-state index in [0.717, 1.165) is 12.8 Å². The van der Waals surface area contributed by atoms with Crippen LogP contribution < -0.4 is 0 Å². The number of piperidine rings is 1.